The maximum Gasteiger partial charge on any atom is 0.408 e. The Morgan fingerprint density at radius 2 is 1.88 bits per heavy atom. The number of nitrogens with one attached hydrogen (secondary N) is 1. The Morgan fingerprint density at radius 3 is 2.56 bits per heavy atom. The average Bonchev–Trinajstić information content (AvgIpc) is 3.00. The van der Waals surface area contributed by atoms with E-state index in [0.29, 0.717) is 0 Å². The third-order valence-electron chi connectivity index (χ3n) is 3.72. The van der Waals surface area contributed by atoms with Gasteiger partial charge in [0.15, 0.2) is 5.65 Å². The van der Waals surface area contributed by atoms with Gasteiger partial charge in [-0.05, 0) is 38.8 Å². The second-order valence-electron chi connectivity index (χ2n) is 6.97. The van der Waals surface area contributed by atoms with Crippen LogP contribution < -0.4 is 5.32 Å². The second kappa shape index (κ2) is 6.55. The highest BCUT2D eigenvalue weighted by molar-refractivity contribution is 5.68. The van der Waals surface area contributed by atoms with Gasteiger partial charge in [-0.3, -0.25) is 0 Å². The highest BCUT2D eigenvalue weighted by Gasteiger charge is 2.18. The van der Waals surface area contributed by atoms with Gasteiger partial charge in [0.05, 0.1) is 12.2 Å². The fourth-order valence-electron chi connectivity index (χ4n) is 2.49. The van der Waals surface area contributed by atoms with Crippen molar-refractivity contribution in [1.82, 2.24) is 19.9 Å². The predicted molar refractivity (Wildman–Crippen MR) is 96.2 cm³/mol. The van der Waals surface area contributed by atoms with Crippen LogP contribution in [0.3, 0.4) is 0 Å². The molecule has 130 valence electrons. The standard InChI is InChI=1S/C19H22N4O2/c1-13(22-18(24)25-19(2,3)4)14-5-7-15(8-6-14)16-11-20-17-9-10-21-23(17)12-16/h5-13H,1-4H3,(H,22,24). The van der Waals surface area contributed by atoms with E-state index >= 15 is 0 Å². The van der Waals surface area contributed by atoms with Crippen LogP contribution in [-0.4, -0.2) is 26.3 Å². The Bertz CT molecular complexity index is 878. The van der Waals surface area contributed by atoms with Crippen molar-refractivity contribution < 1.29 is 9.53 Å². The normalized spacial score (nSPS) is 12.8. The van der Waals surface area contributed by atoms with E-state index in [0.717, 1.165) is 22.3 Å². The Hall–Kier alpha value is -2.89. The van der Waals surface area contributed by atoms with Gasteiger partial charge in [0, 0.05) is 24.0 Å². The molecular weight excluding hydrogens is 316 g/mol. The lowest BCUT2D eigenvalue weighted by molar-refractivity contribution is 0.0508. The van der Waals surface area contributed by atoms with Crippen molar-refractivity contribution in [2.75, 3.05) is 0 Å². The Balaban J connectivity index is 1.72. The van der Waals surface area contributed by atoms with E-state index in [1.165, 1.54) is 0 Å². The molecule has 1 atom stereocenters. The van der Waals surface area contributed by atoms with Gasteiger partial charge in [0.25, 0.3) is 0 Å². The maximum atomic E-state index is 11.9. The number of hydrogen-bond acceptors (Lipinski definition) is 4. The zero-order valence-electron chi connectivity index (χ0n) is 14.9. The number of carbonyl (C=O) groups is 1. The summed E-state index contributed by atoms with van der Waals surface area (Å²) in [5, 5.41) is 7.05. The molecule has 1 unspecified atom stereocenters. The molecule has 1 N–H and O–H groups in total. The largest absolute Gasteiger partial charge is 0.444 e. The molecule has 3 aromatic rings. The Kier molecular flexibility index (Phi) is 4.44. The average molecular weight is 338 g/mol. The van der Waals surface area contributed by atoms with Gasteiger partial charge in [-0.25, -0.2) is 14.3 Å². The number of fused-ring (bicyclic) bond motifs is 1. The molecular formula is C19H22N4O2. The fourth-order valence-corrected chi connectivity index (χ4v) is 2.49. The van der Waals surface area contributed by atoms with Crippen molar-refractivity contribution in [1.29, 1.82) is 0 Å². The van der Waals surface area contributed by atoms with Crippen molar-refractivity contribution in [3.63, 3.8) is 0 Å². The van der Waals surface area contributed by atoms with Gasteiger partial charge in [0.1, 0.15) is 5.60 Å². The zero-order chi connectivity index (χ0) is 18.0. The van der Waals surface area contributed by atoms with Crippen molar-refractivity contribution >= 4 is 11.7 Å². The number of amides is 1. The first-order chi connectivity index (χ1) is 11.8. The molecule has 0 aliphatic carbocycles. The molecule has 0 saturated heterocycles. The molecule has 0 saturated carbocycles. The summed E-state index contributed by atoms with van der Waals surface area (Å²) in [7, 11) is 0. The van der Waals surface area contributed by atoms with Crippen molar-refractivity contribution in [2.45, 2.75) is 39.3 Å². The van der Waals surface area contributed by atoms with Crippen molar-refractivity contribution in [3.8, 4) is 11.1 Å². The van der Waals surface area contributed by atoms with Gasteiger partial charge in [-0.1, -0.05) is 24.3 Å². The third kappa shape index (κ3) is 4.15. The van der Waals surface area contributed by atoms with Crippen LogP contribution >= 0.6 is 0 Å². The molecule has 1 aromatic carbocycles. The Morgan fingerprint density at radius 1 is 1.16 bits per heavy atom. The van der Waals surface area contributed by atoms with Crippen LogP contribution in [-0.2, 0) is 4.74 Å². The molecule has 3 rings (SSSR count). The summed E-state index contributed by atoms with van der Waals surface area (Å²) < 4.78 is 7.03. The van der Waals surface area contributed by atoms with Gasteiger partial charge in [-0.2, -0.15) is 5.10 Å². The molecule has 1 amide bonds. The molecule has 0 spiro atoms. The van der Waals surface area contributed by atoms with Gasteiger partial charge in [0.2, 0.25) is 0 Å². The van der Waals surface area contributed by atoms with E-state index in [4.69, 9.17) is 4.74 Å². The summed E-state index contributed by atoms with van der Waals surface area (Å²) >= 11 is 0. The Labute approximate surface area is 146 Å². The van der Waals surface area contributed by atoms with Gasteiger partial charge < -0.3 is 10.1 Å². The minimum atomic E-state index is -0.508. The minimum Gasteiger partial charge on any atom is -0.444 e. The van der Waals surface area contributed by atoms with E-state index in [1.807, 2.05) is 70.4 Å². The summed E-state index contributed by atoms with van der Waals surface area (Å²) in [6, 6.07) is 9.71. The van der Waals surface area contributed by atoms with E-state index in [9.17, 15) is 4.79 Å². The van der Waals surface area contributed by atoms with Crippen LogP contribution in [0, 0.1) is 0 Å². The quantitative estimate of drug-likeness (QED) is 0.784. The van der Waals surface area contributed by atoms with Crippen LogP contribution in [0.4, 0.5) is 4.79 Å². The fraction of sp³-hybridized carbons (Fsp3) is 0.316. The lowest BCUT2D eigenvalue weighted by Crippen LogP contribution is -2.34. The van der Waals surface area contributed by atoms with Crippen LogP contribution in [0.15, 0.2) is 48.9 Å². The first-order valence-electron chi connectivity index (χ1n) is 8.21. The van der Waals surface area contributed by atoms with Gasteiger partial charge >= 0.3 is 6.09 Å². The number of hydrogen-bond donors (Lipinski definition) is 1. The number of alkyl carbamates (subject to hydrolysis) is 1. The van der Waals surface area contributed by atoms with Crippen LogP contribution in [0.5, 0.6) is 0 Å². The summed E-state index contributed by atoms with van der Waals surface area (Å²) in [5.74, 6) is 0. The molecule has 0 radical (unpaired) electrons. The molecule has 6 heteroatoms. The SMILES string of the molecule is CC(NC(=O)OC(C)(C)C)c1ccc(-c2cnc3ccnn3c2)cc1. The van der Waals surface area contributed by atoms with E-state index < -0.39 is 11.7 Å². The third-order valence-corrected chi connectivity index (χ3v) is 3.72. The highest BCUT2D eigenvalue weighted by atomic mass is 16.6. The molecule has 0 bridgehead atoms. The number of benzene rings is 1. The predicted octanol–water partition coefficient (Wildman–Crippen LogP) is 3.98. The molecule has 2 aromatic heterocycles. The lowest BCUT2D eigenvalue weighted by Gasteiger charge is -2.22. The monoisotopic (exact) mass is 338 g/mol. The molecule has 2 heterocycles. The molecule has 0 aliphatic heterocycles. The lowest BCUT2D eigenvalue weighted by atomic mass is 10.0. The molecule has 25 heavy (non-hydrogen) atoms. The summed E-state index contributed by atoms with van der Waals surface area (Å²) in [5.41, 5.74) is 3.33. The number of aromatic nitrogens is 3. The summed E-state index contributed by atoms with van der Waals surface area (Å²) in [6.45, 7) is 7.46. The van der Waals surface area contributed by atoms with Crippen LogP contribution in [0.2, 0.25) is 0 Å². The van der Waals surface area contributed by atoms with E-state index in [1.54, 1.807) is 10.7 Å². The summed E-state index contributed by atoms with van der Waals surface area (Å²) in [6.07, 6.45) is 5.07. The molecule has 0 fully saturated rings. The number of nitrogens with zero attached hydrogens (tertiary/aromatic N) is 3. The molecule has 0 aliphatic rings. The summed E-state index contributed by atoms with van der Waals surface area (Å²) in [4.78, 5) is 16.3. The second-order valence-corrected chi connectivity index (χ2v) is 6.97. The first kappa shape index (κ1) is 17.0. The van der Waals surface area contributed by atoms with Crippen molar-refractivity contribution in [2.24, 2.45) is 0 Å². The smallest absolute Gasteiger partial charge is 0.408 e. The number of ether oxygens (including phenoxy) is 1. The van der Waals surface area contributed by atoms with Crippen molar-refractivity contribution in [3.05, 3.63) is 54.5 Å². The first-order valence-corrected chi connectivity index (χ1v) is 8.21. The van der Waals surface area contributed by atoms with Crippen LogP contribution in [0.25, 0.3) is 16.8 Å². The van der Waals surface area contributed by atoms with E-state index in [2.05, 4.69) is 15.4 Å². The van der Waals surface area contributed by atoms with Crippen LogP contribution in [0.1, 0.15) is 39.3 Å². The maximum absolute atomic E-state index is 11.9. The van der Waals surface area contributed by atoms with Gasteiger partial charge in [-0.15, -0.1) is 0 Å². The number of rotatable bonds is 3. The highest BCUT2D eigenvalue weighted by Crippen LogP contribution is 2.22. The molecule has 6 nitrogen and oxygen atoms in total. The zero-order valence-corrected chi connectivity index (χ0v) is 14.9. The number of carbonyl (C=O) groups excluding carboxylic acids is 1. The topological polar surface area (TPSA) is 68.5 Å². The minimum absolute atomic E-state index is 0.143. The van der Waals surface area contributed by atoms with E-state index in [-0.39, 0.29) is 6.04 Å².